The molecule has 4 N–H and O–H groups in total. The van der Waals surface area contributed by atoms with Gasteiger partial charge >= 0.3 is 29.3 Å². The Balaban J connectivity index is 0.000000135. The van der Waals surface area contributed by atoms with Gasteiger partial charge in [0.15, 0.2) is 5.65 Å². The molecule has 72 heavy (non-hydrogen) atoms. The van der Waals surface area contributed by atoms with E-state index >= 15 is 0 Å². The third kappa shape index (κ3) is 10.7. The summed E-state index contributed by atoms with van der Waals surface area (Å²) in [7, 11) is 0. The Morgan fingerprint density at radius 3 is 1.89 bits per heavy atom. The second-order valence-electron chi connectivity index (χ2n) is 20.8. The third-order valence-corrected chi connectivity index (χ3v) is 13.3. The Morgan fingerprint density at radius 2 is 1.21 bits per heavy atom. The SMILES string of the molecule is CC(C)(C)OC(=O)Nc1ccccc1-c1cn(C2CCCC2)c(=O)[nH]c1=O.CC(C)(C)OC(=O)n1c2ccccc2c2cn(C3CCCC3)c(=O)nc21.O=c1nc2[nH]c3ccccc3c2cn1C1CCNC1. The van der Waals surface area contributed by atoms with Crippen LogP contribution in [0.5, 0.6) is 0 Å². The van der Waals surface area contributed by atoms with E-state index in [0.29, 0.717) is 33.6 Å². The number of amides is 1. The third-order valence-electron chi connectivity index (χ3n) is 13.3. The van der Waals surface area contributed by atoms with Gasteiger partial charge in [0.2, 0.25) is 0 Å². The molecule has 0 bridgehead atoms. The fraction of sp³-hybridized carbons (Fsp3) is 0.407. The van der Waals surface area contributed by atoms with Crippen molar-refractivity contribution < 1.29 is 19.1 Å². The van der Waals surface area contributed by atoms with Gasteiger partial charge in [0.05, 0.1) is 22.8 Å². The number of aromatic amines is 2. The van der Waals surface area contributed by atoms with E-state index in [2.05, 4.69) is 36.6 Å². The van der Waals surface area contributed by atoms with Crippen molar-refractivity contribution in [1.82, 2.24) is 43.5 Å². The van der Waals surface area contributed by atoms with Crippen LogP contribution in [0.15, 0.2) is 111 Å². The number of hydrogen-bond acceptors (Lipinski definition) is 11. The minimum Gasteiger partial charge on any atom is -0.444 e. The molecule has 0 spiro atoms. The molecule has 1 saturated heterocycles. The largest absolute Gasteiger partial charge is 0.444 e. The van der Waals surface area contributed by atoms with Gasteiger partial charge in [-0.3, -0.25) is 28.8 Å². The smallest absolute Gasteiger partial charge is 0.420 e. The number of H-pyrrole nitrogens is 2. The highest BCUT2D eigenvalue weighted by Gasteiger charge is 2.27. The van der Waals surface area contributed by atoms with Gasteiger partial charge in [-0.15, -0.1) is 0 Å². The van der Waals surface area contributed by atoms with Crippen LogP contribution in [-0.2, 0) is 9.47 Å². The number of para-hydroxylation sites is 3. The molecule has 3 aromatic carbocycles. The fourth-order valence-electron chi connectivity index (χ4n) is 9.99. The van der Waals surface area contributed by atoms with Gasteiger partial charge in [-0.1, -0.05) is 80.3 Å². The summed E-state index contributed by atoms with van der Waals surface area (Å²) in [5.74, 6) is 0. The van der Waals surface area contributed by atoms with E-state index in [9.17, 15) is 28.8 Å². The number of nitrogens with zero attached hydrogens (tertiary/aromatic N) is 6. The Kier molecular flexibility index (Phi) is 13.9. The van der Waals surface area contributed by atoms with Crippen LogP contribution < -0.4 is 33.3 Å². The Labute approximate surface area is 414 Å². The summed E-state index contributed by atoms with van der Waals surface area (Å²) >= 11 is 0. The summed E-state index contributed by atoms with van der Waals surface area (Å²) in [6.07, 6.45) is 13.5. The van der Waals surface area contributed by atoms with Gasteiger partial charge in [-0.25, -0.2) is 28.5 Å². The molecular weight excluding hydrogens is 917 g/mol. The van der Waals surface area contributed by atoms with Gasteiger partial charge in [-0.2, -0.15) is 9.97 Å². The lowest BCUT2D eigenvalue weighted by molar-refractivity contribution is 0.0549. The molecule has 0 radical (unpaired) electrons. The Bertz CT molecular complexity index is 3550. The monoisotopic (exact) mass is 978 g/mol. The van der Waals surface area contributed by atoms with E-state index < -0.39 is 34.6 Å². The number of anilines is 1. The summed E-state index contributed by atoms with van der Waals surface area (Å²) in [6, 6.07) is 23.1. The maximum atomic E-state index is 12.8. The van der Waals surface area contributed by atoms with E-state index in [1.54, 1.807) is 64.9 Å². The molecule has 1 unspecified atom stereocenters. The van der Waals surface area contributed by atoms with Crippen LogP contribution in [0.4, 0.5) is 15.3 Å². The first-order valence-corrected chi connectivity index (χ1v) is 24.8. The number of rotatable bonds is 5. The summed E-state index contributed by atoms with van der Waals surface area (Å²) in [5.41, 5.74) is 1.47. The van der Waals surface area contributed by atoms with Crippen LogP contribution >= 0.6 is 0 Å². The topological polar surface area (TPSA) is 222 Å². The summed E-state index contributed by atoms with van der Waals surface area (Å²) in [6.45, 7) is 12.6. The van der Waals surface area contributed by atoms with Crippen LogP contribution in [0.3, 0.4) is 0 Å². The van der Waals surface area contributed by atoms with Gasteiger partial charge in [0, 0.05) is 69.8 Å². The lowest BCUT2D eigenvalue weighted by Crippen LogP contribution is -2.32. The van der Waals surface area contributed by atoms with E-state index in [1.165, 1.54) is 4.57 Å². The van der Waals surface area contributed by atoms with Crippen molar-refractivity contribution in [3.63, 3.8) is 0 Å². The van der Waals surface area contributed by atoms with Crippen LogP contribution in [0.2, 0.25) is 0 Å². The normalized spacial score (nSPS) is 16.4. The van der Waals surface area contributed by atoms with Gasteiger partial charge < -0.3 is 19.8 Å². The predicted octanol–water partition coefficient (Wildman–Crippen LogP) is 9.33. The van der Waals surface area contributed by atoms with E-state index in [-0.39, 0.29) is 29.5 Å². The first kappa shape index (κ1) is 49.4. The fourth-order valence-corrected chi connectivity index (χ4v) is 9.99. The number of ether oxygens (including phenoxy) is 2. The first-order valence-electron chi connectivity index (χ1n) is 24.8. The highest BCUT2D eigenvalue weighted by atomic mass is 16.6. The summed E-state index contributed by atoms with van der Waals surface area (Å²) in [4.78, 5) is 88.5. The van der Waals surface area contributed by atoms with Crippen molar-refractivity contribution in [2.45, 2.75) is 129 Å². The molecular formula is C54H62N10O8. The molecule has 1 atom stereocenters. The lowest BCUT2D eigenvalue weighted by atomic mass is 10.1. The number of benzene rings is 3. The van der Waals surface area contributed by atoms with E-state index in [0.717, 1.165) is 97.9 Å². The Hall–Kier alpha value is -7.60. The highest BCUT2D eigenvalue weighted by Crippen LogP contribution is 2.33. The zero-order valence-electron chi connectivity index (χ0n) is 41.6. The van der Waals surface area contributed by atoms with Crippen molar-refractivity contribution >= 4 is 61.7 Å². The van der Waals surface area contributed by atoms with Crippen molar-refractivity contribution in [2.24, 2.45) is 0 Å². The molecule has 6 heterocycles. The maximum Gasteiger partial charge on any atom is 0.420 e. The Morgan fingerprint density at radius 1 is 0.611 bits per heavy atom. The first-order chi connectivity index (χ1) is 34.4. The summed E-state index contributed by atoms with van der Waals surface area (Å²) in [5, 5.41) is 9.81. The quantitative estimate of drug-likeness (QED) is 0.127. The number of hydrogen-bond donors (Lipinski definition) is 4. The molecule has 8 aromatic rings. The molecule has 11 rings (SSSR count). The van der Waals surface area contributed by atoms with Crippen LogP contribution in [0.25, 0.3) is 55.0 Å². The highest BCUT2D eigenvalue weighted by molar-refractivity contribution is 6.11. The molecule has 3 fully saturated rings. The van der Waals surface area contributed by atoms with E-state index in [4.69, 9.17) is 9.47 Å². The zero-order valence-corrected chi connectivity index (χ0v) is 41.6. The average molecular weight is 979 g/mol. The van der Waals surface area contributed by atoms with Crippen molar-refractivity contribution in [3.05, 3.63) is 133 Å². The standard InChI is InChI=1S/C20H25N3O4.C20H23N3O3.C14H14N4O/c1-20(2,3)27-19(26)21-16-11-7-6-10-14(16)15-12-23(13-8-4-5-9-13)18(25)22-17(15)24;1-20(2,3)26-19(25)23-16-11-7-6-10-14(16)15-12-22(13-8-4-5-9-13)18(24)21-17(15)23;19-14-17-13-11(8-18(14)9-5-6-15-7-9)10-3-1-2-4-12(10)16-13/h6-7,10-13H,4-5,8-9H2,1-3H3,(H,21,26)(H,22,24,25);6-7,10-13H,4-5,8-9H2,1-3H3;1-4,8-9,15H,5-7H2,(H,16,17,19). The molecule has 3 aliphatic rings. The molecule has 18 heteroatoms. The second-order valence-corrected chi connectivity index (χ2v) is 20.8. The molecule has 5 aromatic heterocycles. The van der Waals surface area contributed by atoms with Crippen LogP contribution in [0.1, 0.15) is 117 Å². The lowest BCUT2D eigenvalue weighted by Gasteiger charge is -2.20. The molecule has 18 nitrogen and oxygen atoms in total. The number of carbonyl (C=O) groups excluding carboxylic acids is 2. The van der Waals surface area contributed by atoms with E-state index in [1.807, 2.05) is 75.6 Å². The number of nitrogens with one attached hydrogen (secondary N) is 4. The zero-order chi connectivity index (χ0) is 50.9. The van der Waals surface area contributed by atoms with Gasteiger partial charge in [0.1, 0.15) is 16.8 Å². The van der Waals surface area contributed by atoms with Crippen LogP contribution in [0, 0.1) is 0 Å². The van der Waals surface area contributed by atoms with Crippen molar-refractivity contribution in [2.75, 3.05) is 18.4 Å². The maximum absolute atomic E-state index is 12.8. The number of carbonyl (C=O) groups is 2. The molecule has 1 amide bonds. The minimum atomic E-state index is -0.633. The molecule has 1 aliphatic heterocycles. The minimum absolute atomic E-state index is 0.0964. The number of fused-ring (bicyclic) bond motifs is 6. The average Bonchev–Trinajstić information content (AvgIpc) is 4.19. The van der Waals surface area contributed by atoms with Crippen molar-refractivity contribution in [1.29, 1.82) is 0 Å². The van der Waals surface area contributed by atoms with Crippen molar-refractivity contribution in [3.8, 4) is 11.1 Å². The molecule has 2 aliphatic carbocycles. The van der Waals surface area contributed by atoms with Gasteiger partial charge in [0.25, 0.3) is 5.56 Å². The van der Waals surface area contributed by atoms with Gasteiger partial charge in [-0.05, 0) is 98.4 Å². The molecule has 376 valence electrons. The van der Waals surface area contributed by atoms with Crippen LogP contribution in [-0.4, -0.2) is 74.7 Å². The molecule has 2 saturated carbocycles. The number of aromatic nitrogens is 8. The predicted molar refractivity (Wildman–Crippen MR) is 279 cm³/mol. The second kappa shape index (κ2) is 20.3. The summed E-state index contributed by atoms with van der Waals surface area (Å²) < 4.78 is 17.4.